The maximum atomic E-state index is 6.01. The predicted molar refractivity (Wildman–Crippen MR) is 98.7 cm³/mol. The molecule has 0 fully saturated rings. The molecule has 0 atom stereocenters. The van der Waals surface area contributed by atoms with Gasteiger partial charge in [-0.25, -0.2) is 4.98 Å². The van der Waals surface area contributed by atoms with Gasteiger partial charge in [-0.15, -0.1) is 0 Å². The highest BCUT2D eigenvalue weighted by atomic mass is 16.5. The van der Waals surface area contributed by atoms with E-state index < -0.39 is 0 Å². The van der Waals surface area contributed by atoms with Gasteiger partial charge in [0.2, 0.25) is 11.6 Å². The predicted octanol–water partition coefficient (Wildman–Crippen LogP) is 2.87. The third-order valence-electron chi connectivity index (χ3n) is 3.95. The van der Waals surface area contributed by atoms with Crippen molar-refractivity contribution in [3.63, 3.8) is 0 Å². The van der Waals surface area contributed by atoms with Crippen LogP contribution in [0.3, 0.4) is 0 Å². The molecule has 27 heavy (non-hydrogen) atoms. The van der Waals surface area contributed by atoms with E-state index in [4.69, 9.17) is 23.7 Å². The quantitative estimate of drug-likeness (QED) is 0.571. The summed E-state index contributed by atoms with van der Waals surface area (Å²) in [6, 6.07) is 7.35. The number of fused-ring (bicyclic) bond motifs is 1. The smallest absolute Gasteiger partial charge is 0.218 e. The highest BCUT2D eigenvalue weighted by Gasteiger charge is 2.14. The lowest BCUT2D eigenvalue weighted by Crippen LogP contribution is -2.06. The number of methoxy groups -OCH3 is 3. The van der Waals surface area contributed by atoms with Crippen molar-refractivity contribution in [1.82, 2.24) is 14.6 Å². The normalized spacial score (nSPS) is 10.8. The van der Waals surface area contributed by atoms with Crippen LogP contribution in [0.1, 0.15) is 18.2 Å². The standard InChI is InChI=1S/C19H23N3O5/c1-5-26-12-14-10-18(22-17(21-14)6-7-20-22)27-11-13-8-15(23-2)19(25-4)16(9-13)24-3/h6-10H,5,11-12H2,1-4H3. The van der Waals surface area contributed by atoms with E-state index in [9.17, 15) is 0 Å². The molecular formula is C19H23N3O5. The highest BCUT2D eigenvalue weighted by molar-refractivity contribution is 5.53. The number of aromatic nitrogens is 3. The van der Waals surface area contributed by atoms with Crippen LogP contribution in [0, 0.1) is 0 Å². The second kappa shape index (κ2) is 8.59. The van der Waals surface area contributed by atoms with Gasteiger partial charge in [-0.3, -0.25) is 0 Å². The zero-order valence-electron chi connectivity index (χ0n) is 15.9. The summed E-state index contributed by atoms with van der Waals surface area (Å²) in [5, 5.41) is 4.27. The number of hydrogen-bond acceptors (Lipinski definition) is 7. The Kier molecular flexibility index (Phi) is 5.97. The van der Waals surface area contributed by atoms with Crippen molar-refractivity contribution in [3.8, 4) is 23.1 Å². The minimum absolute atomic E-state index is 0.295. The Morgan fingerprint density at radius 2 is 1.70 bits per heavy atom. The molecule has 3 aromatic rings. The van der Waals surface area contributed by atoms with Gasteiger partial charge in [0.15, 0.2) is 17.1 Å². The maximum Gasteiger partial charge on any atom is 0.218 e. The van der Waals surface area contributed by atoms with Crippen LogP contribution in [0.15, 0.2) is 30.5 Å². The Bertz CT molecular complexity index is 884. The number of benzene rings is 1. The molecule has 0 aliphatic heterocycles. The summed E-state index contributed by atoms with van der Waals surface area (Å²) in [4.78, 5) is 4.50. The average Bonchev–Trinajstić information content (AvgIpc) is 3.18. The van der Waals surface area contributed by atoms with Crippen LogP contribution >= 0.6 is 0 Å². The Morgan fingerprint density at radius 3 is 2.33 bits per heavy atom. The number of ether oxygens (including phenoxy) is 5. The summed E-state index contributed by atoms with van der Waals surface area (Å²) in [7, 11) is 4.73. The lowest BCUT2D eigenvalue weighted by molar-refractivity contribution is 0.131. The first-order valence-corrected chi connectivity index (χ1v) is 8.53. The van der Waals surface area contributed by atoms with Crippen LogP contribution in [0.4, 0.5) is 0 Å². The van der Waals surface area contributed by atoms with E-state index in [1.54, 1.807) is 32.0 Å². The van der Waals surface area contributed by atoms with Crippen LogP contribution in [0.25, 0.3) is 5.65 Å². The summed E-state index contributed by atoms with van der Waals surface area (Å²) in [5.74, 6) is 2.27. The Labute approximate surface area is 157 Å². The lowest BCUT2D eigenvalue weighted by atomic mass is 10.2. The molecule has 144 valence electrons. The molecule has 3 rings (SSSR count). The fourth-order valence-electron chi connectivity index (χ4n) is 2.69. The SMILES string of the molecule is CCOCc1cc(OCc2cc(OC)c(OC)c(OC)c2)n2nccc2n1. The zero-order chi connectivity index (χ0) is 19.2. The molecule has 0 amide bonds. The van der Waals surface area contributed by atoms with Gasteiger partial charge >= 0.3 is 0 Å². The first-order chi connectivity index (χ1) is 13.2. The van der Waals surface area contributed by atoms with E-state index in [1.165, 1.54) is 0 Å². The van der Waals surface area contributed by atoms with E-state index in [2.05, 4.69) is 10.1 Å². The maximum absolute atomic E-state index is 6.01. The molecule has 8 nitrogen and oxygen atoms in total. The Morgan fingerprint density at radius 1 is 0.963 bits per heavy atom. The average molecular weight is 373 g/mol. The number of rotatable bonds is 9. The number of hydrogen-bond donors (Lipinski definition) is 0. The molecule has 0 spiro atoms. The summed E-state index contributed by atoms with van der Waals surface area (Å²) in [5.41, 5.74) is 2.35. The van der Waals surface area contributed by atoms with Crippen molar-refractivity contribution in [3.05, 3.63) is 41.7 Å². The summed E-state index contributed by atoms with van der Waals surface area (Å²) < 4.78 is 29.2. The largest absolute Gasteiger partial charge is 0.493 e. The first kappa shape index (κ1) is 18.8. The highest BCUT2D eigenvalue weighted by Crippen LogP contribution is 2.38. The Balaban J connectivity index is 1.87. The van der Waals surface area contributed by atoms with Gasteiger partial charge in [0.05, 0.1) is 39.8 Å². The van der Waals surface area contributed by atoms with Crippen molar-refractivity contribution >= 4 is 5.65 Å². The van der Waals surface area contributed by atoms with Crippen molar-refractivity contribution in [2.45, 2.75) is 20.1 Å². The van der Waals surface area contributed by atoms with Gasteiger partial charge < -0.3 is 23.7 Å². The summed E-state index contributed by atoms with van der Waals surface area (Å²) in [6.07, 6.45) is 1.68. The Hall–Kier alpha value is -3.00. The van der Waals surface area contributed by atoms with Crippen molar-refractivity contribution < 1.29 is 23.7 Å². The molecule has 0 radical (unpaired) electrons. The molecule has 1 aromatic carbocycles. The second-order valence-electron chi connectivity index (χ2n) is 5.65. The van der Waals surface area contributed by atoms with Crippen LogP contribution in [-0.4, -0.2) is 42.5 Å². The number of nitrogens with zero attached hydrogens (tertiary/aromatic N) is 3. The molecule has 0 saturated heterocycles. The molecule has 0 unspecified atom stereocenters. The monoisotopic (exact) mass is 373 g/mol. The van der Waals surface area contributed by atoms with Gasteiger partial charge in [0, 0.05) is 18.7 Å². The lowest BCUT2D eigenvalue weighted by Gasteiger charge is -2.15. The van der Waals surface area contributed by atoms with Gasteiger partial charge in [-0.1, -0.05) is 0 Å². The van der Waals surface area contributed by atoms with Gasteiger partial charge in [-0.05, 0) is 24.6 Å². The van der Waals surface area contributed by atoms with Crippen molar-refractivity contribution in [2.75, 3.05) is 27.9 Å². The van der Waals surface area contributed by atoms with Crippen LogP contribution in [0.2, 0.25) is 0 Å². The third kappa shape index (κ3) is 4.06. The molecule has 2 heterocycles. The molecule has 0 aliphatic carbocycles. The minimum atomic E-state index is 0.295. The fourth-order valence-corrected chi connectivity index (χ4v) is 2.69. The third-order valence-corrected chi connectivity index (χ3v) is 3.95. The summed E-state index contributed by atoms with van der Waals surface area (Å²) in [6.45, 7) is 3.27. The molecule has 0 aliphatic rings. The second-order valence-corrected chi connectivity index (χ2v) is 5.65. The molecule has 2 aromatic heterocycles. The van der Waals surface area contributed by atoms with Gasteiger partial charge in [-0.2, -0.15) is 9.61 Å². The molecule has 0 N–H and O–H groups in total. The van der Waals surface area contributed by atoms with Gasteiger partial charge in [0.1, 0.15) is 6.61 Å². The van der Waals surface area contributed by atoms with E-state index >= 15 is 0 Å². The van der Waals surface area contributed by atoms with Crippen molar-refractivity contribution in [2.24, 2.45) is 0 Å². The molecule has 8 heteroatoms. The molecule has 0 bridgehead atoms. The summed E-state index contributed by atoms with van der Waals surface area (Å²) >= 11 is 0. The van der Waals surface area contributed by atoms with Crippen LogP contribution in [0.5, 0.6) is 23.1 Å². The van der Waals surface area contributed by atoms with E-state index in [-0.39, 0.29) is 0 Å². The molecule has 0 saturated carbocycles. The zero-order valence-corrected chi connectivity index (χ0v) is 15.9. The van der Waals surface area contributed by atoms with E-state index in [0.29, 0.717) is 48.6 Å². The topological polar surface area (TPSA) is 76.3 Å². The minimum Gasteiger partial charge on any atom is -0.493 e. The van der Waals surface area contributed by atoms with Crippen LogP contribution < -0.4 is 18.9 Å². The van der Waals surface area contributed by atoms with E-state index in [1.807, 2.05) is 31.2 Å². The van der Waals surface area contributed by atoms with Crippen LogP contribution in [-0.2, 0) is 18.0 Å². The van der Waals surface area contributed by atoms with Gasteiger partial charge in [0.25, 0.3) is 0 Å². The first-order valence-electron chi connectivity index (χ1n) is 8.53. The fraction of sp³-hybridized carbons (Fsp3) is 0.368. The van der Waals surface area contributed by atoms with Crippen molar-refractivity contribution in [1.29, 1.82) is 0 Å². The van der Waals surface area contributed by atoms with E-state index in [0.717, 1.165) is 11.3 Å². The molecular weight excluding hydrogens is 350 g/mol.